The van der Waals surface area contributed by atoms with E-state index in [0.29, 0.717) is 23.3 Å². The van der Waals surface area contributed by atoms with Crippen LogP contribution in [0.15, 0.2) is 24.4 Å². The van der Waals surface area contributed by atoms with Gasteiger partial charge < -0.3 is 20.9 Å². The number of benzene rings is 1. The SMILES string of the molecule is CCCCNc1ncc(-c2nc3cc(F)ccc3[nH]2)c(NC2CCCNC2)n1. The van der Waals surface area contributed by atoms with Crippen molar-refractivity contribution in [2.45, 2.75) is 38.6 Å². The monoisotopic (exact) mass is 383 g/mol. The molecule has 1 fully saturated rings. The highest BCUT2D eigenvalue weighted by atomic mass is 19.1. The summed E-state index contributed by atoms with van der Waals surface area (Å²) in [6.07, 6.45) is 6.16. The molecule has 7 nitrogen and oxygen atoms in total. The first-order valence-corrected chi connectivity index (χ1v) is 9.96. The number of unbranched alkanes of at least 4 members (excludes halogenated alkanes) is 1. The van der Waals surface area contributed by atoms with Crippen molar-refractivity contribution in [2.24, 2.45) is 0 Å². The van der Waals surface area contributed by atoms with Crippen molar-refractivity contribution in [3.63, 3.8) is 0 Å². The van der Waals surface area contributed by atoms with Gasteiger partial charge >= 0.3 is 0 Å². The Labute approximate surface area is 163 Å². The summed E-state index contributed by atoms with van der Waals surface area (Å²) in [5.74, 6) is 1.67. The zero-order chi connectivity index (χ0) is 19.3. The van der Waals surface area contributed by atoms with Gasteiger partial charge in [-0.25, -0.2) is 14.4 Å². The largest absolute Gasteiger partial charge is 0.365 e. The molecule has 0 amide bonds. The molecule has 3 aromatic rings. The second-order valence-electron chi connectivity index (χ2n) is 7.17. The number of H-pyrrole nitrogens is 1. The van der Waals surface area contributed by atoms with Crippen LogP contribution >= 0.6 is 0 Å². The van der Waals surface area contributed by atoms with Crippen molar-refractivity contribution in [1.29, 1.82) is 0 Å². The van der Waals surface area contributed by atoms with Gasteiger partial charge in [0, 0.05) is 31.4 Å². The van der Waals surface area contributed by atoms with Gasteiger partial charge in [-0.3, -0.25) is 0 Å². The Morgan fingerprint density at radius 3 is 3.04 bits per heavy atom. The Kier molecular flexibility index (Phi) is 5.66. The quantitative estimate of drug-likeness (QED) is 0.467. The van der Waals surface area contributed by atoms with E-state index in [0.717, 1.165) is 62.2 Å². The molecule has 28 heavy (non-hydrogen) atoms. The van der Waals surface area contributed by atoms with Crippen molar-refractivity contribution >= 4 is 22.8 Å². The minimum absolute atomic E-state index is 0.299. The lowest BCUT2D eigenvalue weighted by atomic mass is 10.1. The van der Waals surface area contributed by atoms with Crippen LogP contribution in [0.5, 0.6) is 0 Å². The molecule has 0 aliphatic carbocycles. The number of hydrogen-bond acceptors (Lipinski definition) is 6. The fraction of sp³-hybridized carbons (Fsp3) is 0.450. The highest BCUT2D eigenvalue weighted by molar-refractivity contribution is 5.82. The number of aromatic amines is 1. The standard InChI is InChI=1S/C20H26FN7/c1-2-3-9-23-20-24-12-15(18(28-20)25-14-5-4-8-22-11-14)19-26-16-7-6-13(21)10-17(16)27-19/h6-7,10,12,14,22H,2-5,8-9,11H2,1H3,(H,26,27)(H2,23,24,25,28). The van der Waals surface area contributed by atoms with Crippen molar-refractivity contribution in [3.8, 4) is 11.4 Å². The maximum Gasteiger partial charge on any atom is 0.224 e. The van der Waals surface area contributed by atoms with Crippen LogP contribution in [0.25, 0.3) is 22.4 Å². The van der Waals surface area contributed by atoms with Gasteiger partial charge in [0.25, 0.3) is 0 Å². The number of halogens is 1. The Bertz CT molecular complexity index is 933. The lowest BCUT2D eigenvalue weighted by Crippen LogP contribution is -2.38. The molecule has 1 aliphatic rings. The van der Waals surface area contributed by atoms with Crippen LogP contribution in [0, 0.1) is 5.82 Å². The predicted molar refractivity (Wildman–Crippen MR) is 110 cm³/mol. The van der Waals surface area contributed by atoms with Crippen LogP contribution in [0.4, 0.5) is 16.2 Å². The van der Waals surface area contributed by atoms with Gasteiger partial charge in [0.05, 0.1) is 16.6 Å². The Hall–Kier alpha value is -2.74. The molecular formula is C20H26FN7. The molecule has 2 aromatic heterocycles. The van der Waals surface area contributed by atoms with Crippen LogP contribution in [-0.4, -0.2) is 45.6 Å². The molecular weight excluding hydrogens is 357 g/mol. The van der Waals surface area contributed by atoms with E-state index in [1.165, 1.54) is 12.1 Å². The van der Waals surface area contributed by atoms with E-state index in [9.17, 15) is 4.39 Å². The number of imidazole rings is 1. The zero-order valence-corrected chi connectivity index (χ0v) is 16.1. The summed E-state index contributed by atoms with van der Waals surface area (Å²) in [5.41, 5.74) is 2.15. The number of anilines is 2. The molecule has 4 N–H and O–H groups in total. The normalized spacial score (nSPS) is 17.0. The van der Waals surface area contributed by atoms with Crippen LogP contribution < -0.4 is 16.0 Å². The molecule has 0 bridgehead atoms. The van der Waals surface area contributed by atoms with Crippen molar-refractivity contribution in [2.75, 3.05) is 30.3 Å². The second kappa shape index (κ2) is 8.52. The van der Waals surface area contributed by atoms with Crippen molar-refractivity contribution in [3.05, 3.63) is 30.2 Å². The third kappa shape index (κ3) is 4.22. The summed E-state index contributed by atoms with van der Waals surface area (Å²) in [5, 5.41) is 10.2. The van der Waals surface area contributed by atoms with Gasteiger partial charge in [-0.1, -0.05) is 13.3 Å². The highest BCUT2D eigenvalue weighted by Crippen LogP contribution is 2.28. The van der Waals surface area contributed by atoms with E-state index in [1.807, 2.05) is 0 Å². The zero-order valence-electron chi connectivity index (χ0n) is 16.1. The molecule has 8 heteroatoms. The van der Waals surface area contributed by atoms with Crippen LogP contribution in [0.1, 0.15) is 32.6 Å². The Balaban J connectivity index is 1.66. The molecule has 1 saturated heterocycles. The highest BCUT2D eigenvalue weighted by Gasteiger charge is 2.18. The number of hydrogen-bond donors (Lipinski definition) is 4. The van der Waals surface area contributed by atoms with Crippen LogP contribution in [0.3, 0.4) is 0 Å². The third-order valence-electron chi connectivity index (χ3n) is 4.94. The molecule has 0 saturated carbocycles. The lowest BCUT2D eigenvalue weighted by Gasteiger charge is -2.25. The predicted octanol–water partition coefficient (Wildman–Crippen LogP) is 3.53. The van der Waals surface area contributed by atoms with Gasteiger partial charge in [0.1, 0.15) is 17.5 Å². The molecule has 148 valence electrons. The molecule has 1 atom stereocenters. The van der Waals surface area contributed by atoms with Gasteiger partial charge in [-0.05, 0) is 37.9 Å². The number of nitrogens with one attached hydrogen (secondary N) is 4. The molecule has 0 radical (unpaired) electrons. The topological polar surface area (TPSA) is 90.5 Å². The second-order valence-corrected chi connectivity index (χ2v) is 7.17. The van der Waals surface area contributed by atoms with Gasteiger partial charge in [0.2, 0.25) is 5.95 Å². The molecule has 1 unspecified atom stereocenters. The van der Waals surface area contributed by atoms with E-state index in [4.69, 9.17) is 4.98 Å². The molecule has 1 aliphatic heterocycles. The summed E-state index contributed by atoms with van der Waals surface area (Å²) in [6.45, 7) is 4.93. The number of fused-ring (bicyclic) bond motifs is 1. The number of aromatic nitrogens is 4. The van der Waals surface area contributed by atoms with Gasteiger partial charge in [0.15, 0.2) is 0 Å². The number of rotatable bonds is 7. The Morgan fingerprint density at radius 1 is 1.29 bits per heavy atom. The van der Waals surface area contributed by atoms with Crippen LogP contribution in [0.2, 0.25) is 0 Å². The minimum atomic E-state index is -0.302. The average molecular weight is 383 g/mol. The fourth-order valence-corrected chi connectivity index (χ4v) is 3.40. The van der Waals surface area contributed by atoms with E-state index in [1.54, 1.807) is 12.3 Å². The Morgan fingerprint density at radius 2 is 2.21 bits per heavy atom. The first-order valence-electron chi connectivity index (χ1n) is 9.96. The minimum Gasteiger partial charge on any atom is -0.365 e. The summed E-state index contributed by atoms with van der Waals surface area (Å²) < 4.78 is 13.5. The maximum absolute atomic E-state index is 13.5. The van der Waals surface area contributed by atoms with E-state index in [-0.39, 0.29) is 5.82 Å². The summed E-state index contributed by atoms with van der Waals surface area (Å²) in [6, 6.07) is 4.84. The molecule has 0 spiro atoms. The maximum atomic E-state index is 13.5. The first-order chi connectivity index (χ1) is 13.7. The summed E-state index contributed by atoms with van der Waals surface area (Å²) in [4.78, 5) is 17.0. The number of nitrogens with zero attached hydrogens (tertiary/aromatic N) is 3. The van der Waals surface area contributed by atoms with E-state index < -0.39 is 0 Å². The molecule has 1 aromatic carbocycles. The fourth-order valence-electron chi connectivity index (χ4n) is 3.40. The van der Waals surface area contributed by atoms with E-state index in [2.05, 4.69) is 37.8 Å². The van der Waals surface area contributed by atoms with Crippen LogP contribution in [-0.2, 0) is 0 Å². The first kappa shape index (κ1) is 18.6. The molecule has 3 heterocycles. The lowest BCUT2D eigenvalue weighted by molar-refractivity contribution is 0.479. The van der Waals surface area contributed by atoms with Crippen molar-refractivity contribution in [1.82, 2.24) is 25.3 Å². The average Bonchev–Trinajstić information content (AvgIpc) is 3.12. The summed E-state index contributed by atoms with van der Waals surface area (Å²) >= 11 is 0. The third-order valence-corrected chi connectivity index (χ3v) is 4.94. The smallest absolute Gasteiger partial charge is 0.224 e. The van der Waals surface area contributed by atoms with Gasteiger partial charge in [-0.15, -0.1) is 0 Å². The summed E-state index contributed by atoms with van der Waals surface area (Å²) in [7, 11) is 0. The number of piperidine rings is 1. The van der Waals surface area contributed by atoms with E-state index >= 15 is 0 Å². The van der Waals surface area contributed by atoms with Gasteiger partial charge in [-0.2, -0.15) is 4.98 Å². The van der Waals surface area contributed by atoms with Crippen molar-refractivity contribution < 1.29 is 4.39 Å². The molecule has 4 rings (SSSR count).